The van der Waals surface area contributed by atoms with Gasteiger partial charge in [0.25, 0.3) is 0 Å². The second-order valence-electron chi connectivity index (χ2n) is 5.16. The number of rotatable bonds is 5. The van der Waals surface area contributed by atoms with Crippen LogP contribution in [0.5, 0.6) is 0 Å². The van der Waals surface area contributed by atoms with Crippen LogP contribution < -0.4 is 5.32 Å². The number of amides is 1. The van der Waals surface area contributed by atoms with Crippen molar-refractivity contribution in [1.29, 1.82) is 5.26 Å². The fourth-order valence-electron chi connectivity index (χ4n) is 2.13. The maximum atomic E-state index is 13.1. The molecule has 2 aromatic carbocycles. The van der Waals surface area contributed by atoms with Gasteiger partial charge in [-0.05, 0) is 42.9 Å². The first-order valence-electron chi connectivity index (χ1n) is 6.90. The van der Waals surface area contributed by atoms with Crippen LogP contribution >= 0.6 is 11.6 Å². The third-order valence-electron chi connectivity index (χ3n) is 3.13. The fourth-order valence-corrected chi connectivity index (χ4v) is 2.35. The lowest BCUT2D eigenvalue weighted by atomic mass is 10.2. The van der Waals surface area contributed by atoms with Crippen molar-refractivity contribution in [3.8, 4) is 6.07 Å². The van der Waals surface area contributed by atoms with Gasteiger partial charge in [0, 0.05) is 12.2 Å². The van der Waals surface area contributed by atoms with E-state index in [1.54, 1.807) is 36.2 Å². The fraction of sp³-hybridized carbons (Fsp3) is 0.176. The smallest absolute Gasteiger partial charge is 0.238 e. The lowest BCUT2D eigenvalue weighted by Gasteiger charge is -2.16. The highest BCUT2D eigenvalue weighted by Crippen LogP contribution is 2.20. The first kappa shape index (κ1) is 16.9. The van der Waals surface area contributed by atoms with Crippen molar-refractivity contribution in [2.75, 3.05) is 18.9 Å². The van der Waals surface area contributed by atoms with E-state index in [0.29, 0.717) is 22.8 Å². The third-order valence-corrected chi connectivity index (χ3v) is 3.44. The quantitative estimate of drug-likeness (QED) is 0.913. The molecule has 0 radical (unpaired) electrons. The van der Waals surface area contributed by atoms with Crippen LogP contribution in [0.4, 0.5) is 10.1 Å². The summed E-state index contributed by atoms with van der Waals surface area (Å²) in [7, 11) is 1.77. The Morgan fingerprint density at radius 1 is 1.35 bits per heavy atom. The Morgan fingerprint density at radius 3 is 2.78 bits per heavy atom. The molecular formula is C17H15ClFN3O. The van der Waals surface area contributed by atoms with Gasteiger partial charge in [0.15, 0.2) is 0 Å². The molecule has 0 heterocycles. The first-order valence-corrected chi connectivity index (χ1v) is 7.28. The van der Waals surface area contributed by atoms with E-state index >= 15 is 0 Å². The molecule has 2 aromatic rings. The number of hydrogen-bond acceptors (Lipinski definition) is 3. The van der Waals surface area contributed by atoms with Crippen LogP contribution in [-0.2, 0) is 11.3 Å². The number of nitriles is 1. The molecule has 4 nitrogen and oxygen atoms in total. The van der Waals surface area contributed by atoms with Crippen LogP contribution in [0.2, 0.25) is 5.02 Å². The summed E-state index contributed by atoms with van der Waals surface area (Å²) in [6.45, 7) is 0.605. The van der Waals surface area contributed by atoms with Crippen LogP contribution in [0, 0.1) is 17.1 Å². The van der Waals surface area contributed by atoms with Gasteiger partial charge in [0.05, 0.1) is 17.1 Å². The predicted octanol–water partition coefficient (Wildman–Crippen LogP) is 3.42. The normalized spacial score (nSPS) is 10.4. The monoisotopic (exact) mass is 331 g/mol. The molecule has 0 spiro atoms. The summed E-state index contributed by atoms with van der Waals surface area (Å²) in [5.41, 5.74) is 1.67. The second kappa shape index (κ2) is 7.73. The molecule has 6 heteroatoms. The van der Waals surface area contributed by atoms with Gasteiger partial charge in [-0.2, -0.15) is 5.26 Å². The largest absolute Gasteiger partial charge is 0.325 e. The number of likely N-dealkylation sites (N-methyl/N-ethyl adjacent to an activating group) is 1. The molecule has 0 aliphatic rings. The lowest BCUT2D eigenvalue weighted by molar-refractivity contribution is -0.117. The van der Waals surface area contributed by atoms with E-state index in [-0.39, 0.29) is 18.3 Å². The van der Waals surface area contributed by atoms with Gasteiger partial charge >= 0.3 is 0 Å². The molecular weight excluding hydrogens is 317 g/mol. The minimum absolute atomic E-state index is 0.147. The number of halogens is 2. The maximum Gasteiger partial charge on any atom is 0.238 e. The van der Waals surface area contributed by atoms with Gasteiger partial charge in [-0.3, -0.25) is 9.69 Å². The molecule has 0 aliphatic carbocycles. The van der Waals surface area contributed by atoms with E-state index in [0.717, 1.165) is 5.56 Å². The summed E-state index contributed by atoms with van der Waals surface area (Å²) in [4.78, 5) is 13.8. The lowest BCUT2D eigenvalue weighted by Crippen LogP contribution is -2.29. The number of carbonyl (C=O) groups is 1. The SMILES string of the molecule is CN(CC(=O)Nc1ccc(C#N)c(Cl)c1)Cc1cccc(F)c1. The van der Waals surface area contributed by atoms with Crippen molar-refractivity contribution in [1.82, 2.24) is 4.90 Å². The highest BCUT2D eigenvalue weighted by molar-refractivity contribution is 6.32. The van der Waals surface area contributed by atoms with Gasteiger partial charge in [-0.25, -0.2) is 4.39 Å². The van der Waals surface area contributed by atoms with Gasteiger partial charge in [0.1, 0.15) is 11.9 Å². The van der Waals surface area contributed by atoms with Gasteiger partial charge in [-0.15, -0.1) is 0 Å². The van der Waals surface area contributed by atoms with Crippen molar-refractivity contribution in [2.24, 2.45) is 0 Å². The maximum absolute atomic E-state index is 13.1. The molecule has 0 bridgehead atoms. The molecule has 2 rings (SSSR count). The third kappa shape index (κ3) is 5.06. The number of nitrogens with one attached hydrogen (secondary N) is 1. The van der Waals surface area contributed by atoms with E-state index in [4.69, 9.17) is 16.9 Å². The molecule has 0 aromatic heterocycles. The summed E-state index contributed by atoms with van der Waals surface area (Å²) < 4.78 is 13.1. The molecule has 0 unspecified atom stereocenters. The predicted molar refractivity (Wildman–Crippen MR) is 87.5 cm³/mol. The number of hydrogen-bond donors (Lipinski definition) is 1. The molecule has 0 aliphatic heterocycles. The first-order chi connectivity index (χ1) is 11.0. The van der Waals surface area contributed by atoms with E-state index in [9.17, 15) is 9.18 Å². The van der Waals surface area contributed by atoms with Crippen LogP contribution in [-0.4, -0.2) is 24.4 Å². The minimum Gasteiger partial charge on any atom is -0.325 e. The van der Waals surface area contributed by atoms with Crippen molar-refractivity contribution in [3.05, 3.63) is 64.4 Å². The Hall–Kier alpha value is -2.42. The van der Waals surface area contributed by atoms with Crippen molar-refractivity contribution in [2.45, 2.75) is 6.54 Å². The second-order valence-corrected chi connectivity index (χ2v) is 5.56. The van der Waals surface area contributed by atoms with Gasteiger partial charge in [0.2, 0.25) is 5.91 Å². The summed E-state index contributed by atoms with van der Waals surface area (Å²) in [6.07, 6.45) is 0. The van der Waals surface area contributed by atoms with Crippen molar-refractivity contribution < 1.29 is 9.18 Å². The molecule has 0 saturated carbocycles. The number of nitrogens with zero attached hydrogens (tertiary/aromatic N) is 2. The minimum atomic E-state index is -0.299. The van der Waals surface area contributed by atoms with E-state index < -0.39 is 0 Å². The number of carbonyl (C=O) groups excluding carboxylic acids is 1. The zero-order valence-corrected chi connectivity index (χ0v) is 13.3. The molecule has 1 N–H and O–H groups in total. The van der Waals surface area contributed by atoms with Crippen LogP contribution in [0.15, 0.2) is 42.5 Å². The topological polar surface area (TPSA) is 56.1 Å². The summed E-state index contributed by atoms with van der Waals surface area (Å²) in [5.74, 6) is -0.516. The highest BCUT2D eigenvalue weighted by Gasteiger charge is 2.09. The summed E-state index contributed by atoms with van der Waals surface area (Å²) >= 11 is 5.92. The van der Waals surface area contributed by atoms with Crippen molar-refractivity contribution in [3.63, 3.8) is 0 Å². The molecule has 118 valence electrons. The zero-order chi connectivity index (χ0) is 16.8. The Labute approximate surface area is 139 Å². The number of benzene rings is 2. The van der Waals surface area contributed by atoms with Crippen LogP contribution in [0.3, 0.4) is 0 Å². The molecule has 0 fully saturated rings. The Balaban J connectivity index is 1.91. The van der Waals surface area contributed by atoms with E-state index in [2.05, 4.69) is 5.32 Å². The Morgan fingerprint density at radius 2 is 2.13 bits per heavy atom. The van der Waals surface area contributed by atoms with Gasteiger partial charge < -0.3 is 5.32 Å². The summed E-state index contributed by atoms with van der Waals surface area (Å²) in [6, 6.07) is 12.9. The molecule has 23 heavy (non-hydrogen) atoms. The molecule has 0 saturated heterocycles. The average Bonchev–Trinajstić information content (AvgIpc) is 2.47. The Bertz CT molecular complexity index is 758. The van der Waals surface area contributed by atoms with Crippen molar-refractivity contribution >= 4 is 23.2 Å². The van der Waals surface area contributed by atoms with Crippen LogP contribution in [0.1, 0.15) is 11.1 Å². The number of anilines is 1. The Kier molecular flexibility index (Phi) is 5.69. The molecule has 1 amide bonds. The van der Waals surface area contributed by atoms with Crippen LogP contribution in [0.25, 0.3) is 0 Å². The van der Waals surface area contributed by atoms with E-state index in [1.165, 1.54) is 18.2 Å². The highest BCUT2D eigenvalue weighted by atomic mass is 35.5. The standard InChI is InChI=1S/C17H15ClFN3O/c1-22(10-12-3-2-4-14(19)7-12)11-17(23)21-15-6-5-13(9-20)16(18)8-15/h2-8H,10-11H2,1H3,(H,21,23). The molecule has 0 atom stereocenters. The van der Waals surface area contributed by atoms with E-state index in [1.807, 2.05) is 6.07 Å². The van der Waals surface area contributed by atoms with Gasteiger partial charge in [-0.1, -0.05) is 23.7 Å². The zero-order valence-electron chi connectivity index (χ0n) is 12.5. The average molecular weight is 332 g/mol. The summed E-state index contributed by atoms with van der Waals surface area (Å²) in [5, 5.41) is 11.8.